The van der Waals surface area contributed by atoms with Gasteiger partial charge in [-0.2, -0.15) is 0 Å². The molecule has 0 fully saturated rings. The van der Waals surface area contributed by atoms with E-state index in [0.29, 0.717) is 12.8 Å². The molecule has 19 heavy (non-hydrogen) atoms. The van der Waals surface area contributed by atoms with Gasteiger partial charge in [0.25, 0.3) is 0 Å². The summed E-state index contributed by atoms with van der Waals surface area (Å²) < 4.78 is 13.7. The Morgan fingerprint density at radius 1 is 1.11 bits per heavy atom. The molecule has 2 rings (SSSR count). The molecule has 1 N–H and O–H groups in total. The molecular formula is C15H13FINO. The van der Waals surface area contributed by atoms with Gasteiger partial charge in [-0.05, 0) is 58.8 Å². The van der Waals surface area contributed by atoms with Crippen LogP contribution in [0.3, 0.4) is 0 Å². The van der Waals surface area contributed by atoms with Gasteiger partial charge in [-0.1, -0.05) is 24.3 Å². The Hall–Kier alpha value is -1.43. The van der Waals surface area contributed by atoms with E-state index in [-0.39, 0.29) is 11.7 Å². The molecule has 0 spiro atoms. The maximum atomic E-state index is 12.7. The first-order valence-corrected chi connectivity index (χ1v) is 7.02. The molecule has 98 valence electrons. The van der Waals surface area contributed by atoms with E-state index in [1.54, 1.807) is 12.1 Å². The molecule has 0 unspecified atom stereocenters. The highest BCUT2D eigenvalue weighted by molar-refractivity contribution is 14.1. The van der Waals surface area contributed by atoms with E-state index in [4.69, 9.17) is 0 Å². The van der Waals surface area contributed by atoms with Crippen molar-refractivity contribution >= 4 is 34.2 Å². The zero-order valence-corrected chi connectivity index (χ0v) is 12.4. The van der Waals surface area contributed by atoms with Crippen molar-refractivity contribution in [2.45, 2.75) is 12.8 Å². The van der Waals surface area contributed by atoms with Crippen molar-refractivity contribution in [3.05, 3.63) is 63.5 Å². The third-order valence-corrected chi connectivity index (χ3v) is 3.64. The fourth-order valence-electron chi connectivity index (χ4n) is 1.68. The van der Waals surface area contributed by atoms with Crippen LogP contribution in [0.15, 0.2) is 48.5 Å². The normalized spacial score (nSPS) is 10.2. The van der Waals surface area contributed by atoms with Crippen molar-refractivity contribution in [2.24, 2.45) is 0 Å². The molecule has 0 aliphatic carbocycles. The van der Waals surface area contributed by atoms with Crippen LogP contribution in [0.4, 0.5) is 10.1 Å². The first kappa shape index (κ1) is 14.0. The van der Waals surface area contributed by atoms with E-state index >= 15 is 0 Å². The average molecular weight is 369 g/mol. The topological polar surface area (TPSA) is 29.1 Å². The first-order chi connectivity index (χ1) is 9.15. The minimum Gasteiger partial charge on any atom is -0.325 e. The Morgan fingerprint density at radius 2 is 1.79 bits per heavy atom. The predicted octanol–water partition coefficient (Wildman–Crippen LogP) is 4.00. The van der Waals surface area contributed by atoms with Crippen LogP contribution in [0.25, 0.3) is 0 Å². The molecule has 2 aromatic carbocycles. The number of benzene rings is 2. The van der Waals surface area contributed by atoms with Crippen molar-refractivity contribution in [3.63, 3.8) is 0 Å². The zero-order chi connectivity index (χ0) is 13.7. The lowest BCUT2D eigenvalue weighted by molar-refractivity contribution is -0.116. The molecule has 2 nitrogen and oxygen atoms in total. The number of rotatable bonds is 4. The standard InChI is InChI=1S/C15H13FINO/c16-12-8-5-11(6-9-12)7-10-15(19)18-14-4-2-1-3-13(14)17/h1-6,8-9H,7,10H2,(H,18,19). The molecule has 1 amide bonds. The fraction of sp³-hybridized carbons (Fsp3) is 0.133. The molecule has 0 radical (unpaired) electrons. The number of carbonyl (C=O) groups excluding carboxylic acids is 1. The maximum absolute atomic E-state index is 12.7. The summed E-state index contributed by atoms with van der Waals surface area (Å²) in [6.07, 6.45) is 0.992. The van der Waals surface area contributed by atoms with Crippen molar-refractivity contribution in [1.82, 2.24) is 0 Å². The van der Waals surface area contributed by atoms with Gasteiger partial charge in [0, 0.05) is 9.99 Å². The number of amides is 1. The summed E-state index contributed by atoms with van der Waals surface area (Å²) in [7, 11) is 0. The van der Waals surface area contributed by atoms with E-state index in [2.05, 4.69) is 27.9 Å². The van der Waals surface area contributed by atoms with Crippen molar-refractivity contribution in [3.8, 4) is 0 Å². The molecule has 0 heterocycles. The summed E-state index contributed by atoms with van der Waals surface area (Å²) in [4.78, 5) is 11.8. The monoisotopic (exact) mass is 369 g/mol. The molecule has 0 bridgehead atoms. The summed E-state index contributed by atoms with van der Waals surface area (Å²) >= 11 is 2.18. The SMILES string of the molecule is O=C(CCc1ccc(F)cc1)Nc1ccccc1I. The Morgan fingerprint density at radius 3 is 2.47 bits per heavy atom. The van der Waals surface area contributed by atoms with Crippen LogP contribution in [0.5, 0.6) is 0 Å². The Balaban J connectivity index is 1.88. The van der Waals surface area contributed by atoms with Crippen LogP contribution in [0.2, 0.25) is 0 Å². The molecule has 4 heteroatoms. The molecule has 0 aliphatic heterocycles. The lowest BCUT2D eigenvalue weighted by Crippen LogP contribution is -2.13. The number of anilines is 1. The predicted molar refractivity (Wildman–Crippen MR) is 82.5 cm³/mol. The quantitative estimate of drug-likeness (QED) is 0.811. The summed E-state index contributed by atoms with van der Waals surface area (Å²) in [5, 5.41) is 2.87. The van der Waals surface area contributed by atoms with Gasteiger partial charge in [0.2, 0.25) is 5.91 Å². The maximum Gasteiger partial charge on any atom is 0.224 e. The van der Waals surface area contributed by atoms with Gasteiger partial charge in [0.15, 0.2) is 0 Å². The second kappa shape index (κ2) is 6.65. The summed E-state index contributed by atoms with van der Waals surface area (Å²) in [6, 6.07) is 13.9. The van der Waals surface area contributed by atoms with Gasteiger partial charge in [0.05, 0.1) is 5.69 Å². The molecule has 2 aromatic rings. The third-order valence-electron chi connectivity index (χ3n) is 2.70. The van der Waals surface area contributed by atoms with Crippen molar-refractivity contribution in [1.29, 1.82) is 0 Å². The highest BCUT2D eigenvalue weighted by Gasteiger charge is 2.05. The second-order valence-electron chi connectivity index (χ2n) is 4.15. The van der Waals surface area contributed by atoms with Crippen LogP contribution in [-0.2, 0) is 11.2 Å². The van der Waals surface area contributed by atoms with Crippen LogP contribution < -0.4 is 5.32 Å². The average Bonchev–Trinajstić information content (AvgIpc) is 2.41. The Bertz CT molecular complexity index is 569. The minimum atomic E-state index is -0.257. The Kier molecular flexibility index (Phi) is 4.90. The van der Waals surface area contributed by atoms with E-state index in [1.165, 1.54) is 12.1 Å². The zero-order valence-electron chi connectivity index (χ0n) is 10.2. The first-order valence-electron chi connectivity index (χ1n) is 5.94. The number of hydrogen-bond donors (Lipinski definition) is 1. The molecule has 0 atom stereocenters. The van der Waals surface area contributed by atoms with E-state index in [1.807, 2.05) is 24.3 Å². The third kappa shape index (κ3) is 4.31. The summed E-state index contributed by atoms with van der Waals surface area (Å²) in [6.45, 7) is 0. The summed E-state index contributed by atoms with van der Waals surface area (Å²) in [5.41, 5.74) is 1.78. The van der Waals surface area contributed by atoms with E-state index < -0.39 is 0 Å². The van der Waals surface area contributed by atoms with Gasteiger partial charge >= 0.3 is 0 Å². The van der Waals surface area contributed by atoms with Gasteiger partial charge in [0.1, 0.15) is 5.82 Å². The van der Waals surface area contributed by atoms with Crippen LogP contribution in [0, 0.1) is 9.39 Å². The second-order valence-corrected chi connectivity index (χ2v) is 5.32. The number of aryl methyl sites for hydroxylation is 1. The van der Waals surface area contributed by atoms with E-state index in [9.17, 15) is 9.18 Å². The van der Waals surface area contributed by atoms with Gasteiger partial charge in [-0.3, -0.25) is 4.79 Å². The number of nitrogens with one attached hydrogen (secondary N) is 1. The number of carbonyl (C=O) groups is 1. The number of halogens is 2. The Labute approximate surface area is 125 Å². The largest absolute Gasteiger partial charge is 0.325 e. The smallest absolute Gasteiger partial charge is 0.224 e. The van der Waals surface area contributed by atoms with Crippen LogP contribution in [-0.4, -0.2) is 5.91 Å². The van der Waals surface area contributed by atoms with Crippen molar-refractivity contribution < 1.29 is 9.18 Å². The minimum absolute atomic E-state index is 0.0339. The van der Waals surface area contributed by atoms with Crippen LogP contribution in [0.1, 0.15) is 12.0 Å². The molecule has 0 aromatic heterocycles. The molecule has 0 saturated heterocycles. The van der Waals surface area contributed by atoms with Crippen molar-refractivity contribution in [2.75, 3.05) is 5.32 Å². The highest BCUT2D eigenvalue weighted by Crippen LogP contribution is 2.17. The lowest BCUT2D eigenvalue weighted by atomic mass is 10.1. The van der Waals surface area contributed by atoms with Crippen LogP contribution >= 0.6 is 22.6 Å². The van der Waals surface area contributed by atoms with Gasteiger partial charge in [-0.25, -0.2) is 4.39 Å². The highest BCUT2D eigenvalue weighted by atomic mass is 127. The molecule has 0 aliphatic rings. The van der Waals surface area contributed by atoms with Gasteiger partial charge < -0.3 is 5.32 Å². The summed E-state index contributed by atoms with van der Waals surface area (Å²) in [5.74, 6) is -0.291. The van der Waals surface area contributed by atoms with Gasteiger partial charge in [-0.15, -0.1) is 0 Å². The number of para-hydroxylation sites is 1. The molecule has 0 saturated carbocycles. The lowest BCUT2D eigenvalue weighted by Gasteiger charge is -2.07. The van der Waals surface area contributed by atoms with E-state index in [0.717, 1.165) is 14.8 Å². The number of hydrogen-bond acceptors (Lipinski definition) is 1. The molecular weight excluding hydrogens is 356 g/mol. The fourth-order valence-corrected chi connectivity index (χ4v) is 2.21.